The van der Waals surface area contributed by atoms with Crippen molar-refractivity contribution in [2.24, 2.45) is 5.10 Å². The number of rotatable bonds is 8. The monoisotopic (exact) mass is 438 g/mol. The van der Waals surface area contributed by atoms with Gasteiger partial charge >= 0.3 is 5.97 Å². The molecule has 0 unspecified atom stereocenters. The standard InChI is InChI=1S/C23H19ClN2O5/c1-29-19-10-8-17(9-11-19)23(28)31-21-7-2-4-16(12-21)14-25-26-22(27)15-30-20-6-3-5-18(24)13-20/h2-14H,15H2,1H3,(H,26,27)/b25-14-. The number of carbonyl (C=O) groups excluding carboxylic acids is 2. The smallest absolute Gasteiger partial charge is 0.343 e. The van der Waals surface area contributed by atoms with Crippen LogP contribution in [0.2, 0.25) is 5.02 Å². The number of nitrogens with zero attached hydrogens (tertiary/aromatic N) is 1. The molecule has 1 amide bonds. The Hall–Kier alpha value is -3.84. The minimum atomic E-state index is -0.497. The minimum Gasteiger partial charge on any atom is -0.497 e. The number of hydrogen-bond donors (Lipinski definition) is 1. The van der Waals surface area contributed by atoms with Gasteiger partial charge in [0.2, 0.25) is 0 Å². The van der Waals surface area contributed by atoms with Crippen LogP contribution in [-0.4, -0.2) is 31.8 Å². The summed E-state index contributed by atoms with van der Waals surface area (Å²) in [7, 11) is 1.55. The maximum absolute atomic E-state index is 12.3. The van der Waals surface area contributed by atoms with Crippen molar-refractivity contribution in [3.63, 3.8) is 0 Å². The van der Waals surface area contributed by atoms with Gasteiger partial charge in [-0.15, -0.1) is 0 Å². The van der Waals surface area contributed by atoms with E-state index in [1.54, 1.807) is 79.9 Å². The highest BCUT2D eigenvalue weighted by Gasteiger charge is 2.09. The Bertz CT molecular complexity index is 1080. The van der Waals surface area contributed by atoms with Gasteiger partial charge in [0.15, 0.2) is 6.61 Å². The summed E-state index contributed by atoms with van der Waals surface area (Å²) >= 11 is 5.86. The van der Waals surface area contributed by atoms with Gasteiger partial charge in [-0.05, 0) is 60.2 Å². The normalized spacial score (nSPS) is 10.5. The summed E-state index contributed by atoms with van der Waals surface area (Å²) in [6, 6.07) is 20.1. The molecule has 0 fully saturated rings. The van der Waals surface area contributed by atoms with Gasteiger partial charge in [0.25, 0.3) is 5.91 Å². The number of amides is 1. The Morgan fingerprint density at radius 3 is 2.45 bits per heavy atom. The van der Waals surface area contributed by atoms with Crippen molar-refractivity contribution in [3.8, 4) is 17.2 Å². The van der Waals surface area contributed by atoms with E-state index in [1.807, 2.05) is 0 Å². The SMILES string of the molecule is COc1ccc(C(=O)Oc2cccc(/C=N\NC(=O)COc3cccc(Cl)c3)c2)cc1. The van der Waals surface area contributed by atoms with Gasteiger partial charge in [0, 0.05) is 5.02 Å². The van der Waals surface area contributed by atoms with E-state index in [4.69, 9.17) is 25.8 Å². The third-order valence-electron chi connectivity index (χ3n) is 3.96. The second-order valence-corrected chi connectivity index (χ2v) is 6.67. The third-order valence-corrected chi connectivity index (χ3v) is 4.20. The van der Waals surface area contributed by atoms with Gasteiger partial charge in [-0.1, -0.05) is 29.8 Å². The zero-order chi connectivity index (χ0) is 22.1. The molecule has 0 spiro atoms. The molecular weight excluding hydrogens is 420 g/mol. The van der Waals surface area contributed by atoms with E-state index in [0.29, 0.717) is 33.4 Å². The van der Waals surface area contributed by atoms with Crippen molar-refractivity contribution in [1.82, 2.24) is 5.43 Å². The molecule has 3 aromatic rings. The van der Waals surface area contributed by atoms with Crippen LogP contribution in [0.3, 0.4) is 0 Å². The molecule has 0 heterocycles. The van der Waals surface area contributed by atoms with Crippen molar-refractivity contribution in [1.29, 1.82) is 0 Å². The summed E-state index contributed by atoms with van der Waals surface area (Å²) in [6.07, 6.45) is 1.43. The molecule has 8 heteroatoms. The van der Waals surface area contributed by atoms with Crippen molar-refractivity contribution in [2.75, 3.05) is 13.7 Å². The second-order valence-electron chi connectivity index (χ2n) is 6.23. The van der Waals surface area contributed by atoms with Crippen LogP contribution in [0, 0.1) is 0 Å². The first-order chi connectivity index (χ1) is 15.0. The molecule has 7 nitrogen and oxygen atoms in total. The number of hydrazone groups is 1. The van der Waals surface area contributed by atoms with Crippen LogP contribution >= 0.6 is 11.6 Å². The molecule has 0 saturated heterocycles. The van der Waals surface area contributed by atoms with Gasteiger partial charge < -0.3 is 14.2 Å². The number of hydrogen-bond acceptors (Lipinski definition) is 6. The van der Waals surface area contributed by atoms with Gasteiger partial charge in [-0.2, -0.15) is 5.10 Å². The van der Waals surface area contributed by atoms with Crippen molar-refractivity contribution in [2.45, 2.75) is 0 Å². The molecule has 0 bridgehead atoms. The molecule has 3 rings (SSSR count). The van der Waals surface area contributed by atoms with Crippen LogP contribution in [0.4, 0.5) is 0 Å². The summed E-state index contributed by atoms with van der Waals surface area (Å²) in [4.78, 5) is 24.1. The van der Waals surface area contributed by atoms with E-state index in [-0.39, 0.29) is 6.61 Å². The lowest BCUT2D eigenvalue weighted by atomic mass is 10.2. The summed E-state index contributed by atoms with van der Waals surface area (Å²) in [6.45, 7) is -0.211. The lowest BCUT2D eigenvalue weighted by Gasteiger charge is -2.06. The van der Waals surface area contributed by atoms with E-state index >= 15 is 0 Å². The Balaban J connectivity index is 1.51. The molecule has 0 aromatic heterocycles. The Kier molecular flexibility index (Phi) is 7.61. The van der Waals surface area contributed by atoms with E-state index in [1.165, 1.54) is 6.21 Å². The Morgan fingerprint density at radius 2 is 1.71 bits per heavy atom. The van der Waals surface area contributed by atoms with Crippen LogP contribution in [0.15, 0.2) is 77.9 Å². The topological polar surface area (TPSA) is 86.2 Å². The highest BCUT2D eigenvalue weighted by Crippen LogP contribution is 2.17. The highest BCUT2D eigenvalue weighted by molar-refractivity contribution is 6.30. The molecule has 0 aliphatic carbocycles. The predicted molar refractivity (Wildman–Crippen MR) is 117 cm³/mol. The fraction of sp³-hybridized carbons (Fsp3) is 0.0870. The van der Waals surface area contributed by atoms with Crippen LogP contribution in [-0.2, 0) is 4.79 Å². The molecule has 158 valence electrons. The maximum Gasteiger partial charge on any atom is 0.343 e. The molecule has 1 N–H and O–H groups in total. The fourth-order valence-corrected chi connectivity index (χ4v) is 2.65. The van der Waals surface area contributed by atoms with E-state index in [9.17, 15) is 9.59 Å². The predicted octanol–water partition coefficient (Wildman–Crippen LogP) is 4.10. The van der Waals surface area contributed by atoms with Crippen molar-refractivity contribution < 1.29 is 23.8 Å². The molecule has 0 aliphatic heterocycles. The third kappa shape index (κ3) is 6.87. The molecular formula is C23H19ClN2O5. The van der Waals surface area contributed by atoms with Crippen LogP contribution < -0.4 is 19.6 Å². The average molecular weight is 439 g/mol. The van der Waals surface area contributed by atoms with Crippen LogP contribution in [0.5, 0.6) is 17.2 Å². The van der Waals surface area contributed by atoms with Crippen molar-refractivity contribution >= 4 is 29.7 Å². The number of carbonyl (C=O) groups is 2. The minimum absolute atomic E-state index is 0.211. The first-order valence-electron chi connectivity index (χ1n) is 9.20. The molecule has 31 heavy (non-hydrogen) atoms. The van der Waals surface area contributed by atoms with Gasteiger partial charge in [0.1, 0.15) is 17.2 Å². The number of halogens is 1. The van der Waals surface area contributed by atoms with Gasteiger partial charge in [0.05, 0.1) is 18.9 Å². The van der Waals surface area contributed by atoms with E-state index in [2.05, 4.69) is 10.5 Å². The van der Waals surface area contributed by atoms with Crippen LogP contribution in [0.25, 0.3) is 0 Å². The van der Waals surface area contributed by atoms with Crippen LogP contribution in [0.1, 0.15) is 15.9 Å². The lowest BCUT2D eigenvalue weighted by Crippen LogP contribution is -2.24. The Labute approximate surface area is 184 Å². The summed E-state index contributed by atoms with van der Waals surface area (Å²) in [5, 5.41) is 4.40. The quantitative estimate of drug-likeness (QED) is 0.248. The number of nitrogens with one attached hydrogen (secondary N) is 1. The molecule has 0 aliphatic rings. The fourth-order valence-electron chi connectivity index (χ4n) is 2.47. The lowest BCUT2D eigenvalue weighted by molar-refractivity contribution is -0.123. The number of benzene rings is 3. The molecule has 0 atom stereocenters. The van der Waals surface area contributed by atoms with E-state index < -0.39 is 11.9 Å². The van der Waals surface area contributed by atoms with Gasteiger partial charge in [-0.3, -0.25) is 4.79 Å². The number of methoxy groups -OCH3 is 1. The largest absolute Gasteiger partial charge is 0.497 e. The zero-order valence-electron chi connectivity index (χ0n) is 16.6. The first kappa shape index (κ1) is 21.9. The average Bonchev–Trinajstić information content (AvgIpc) is 2.78. The molecule has 0 saturated carbocycles. The first-order valence-corrected chi connectivity index (χ1v) is 9.58. The van der Waals surface area contributed by atoms with Gasteiger partial charge in [-0.25, -0.2) is 10.2 Å². The maximum atomic E-state index is 12.3. The molecule has 0 radical (unpaired) electrons. The second kappa shape index (κ2) is 10.8. The summed E-state index contributed by atoms with van der Waals surface area (Å²) in [5.41, 5.74) is 3.40. The summed E-state index contributed by atoms with van der Waals surface area (Å²) < 4.78 is 15.8. The number of esters is 1. The molecule has 3 aromatic carbocycles. The van der Waals surface area contributed by atoms with Crippen molar-refractivity contribution in [3.05, 3.63) is 88.9 Å². The number of ether oxygens (including phenoxy) is 3. The van der Waals surface area contributed by atoms with E-state index in [0.717, 1.165) is 0 Å². The summed E-state index contributed by atoms with van der Waals surface area (Å²) in [5.74, 6) is 0.551. The highest BCUT2D eigenvalue weighted by atomic mass is 35.5. The Morgan fingerprint density at radius 1 is 0.968 bits per heavy atom. The zero-order valence-corrected chi connectivity index (χ0v) is 17.3.